The van der Waals surface area contributed by atoms with Crippen LogP contribution < -0.4 is 11.5 Å². The van der Waals surface area contributed by atoms with Crippen molar-refractivity contribution < 1.29 is 16.8 Å². The minimum absolute atomic E-state index is 0.176. The molecular weight excluding hydrogens is 476 g/mol. The number of nitrogens with two attached hydrogens (primary N) is 2. The van der Waals surface area contributed by atoms with Gasteiger partial charge in [0.05, 0.1) is 19.6 Å². The van der Waals surface area contributed by atoms with Gasteiger partial charge in [-0.05, 0) is 97.1 Å². The zero-order valence-corrected chi connectivity index (χ0v) is 19.7. The first-order valence-corrected chi connectivity index (χ1v) is 13.5. The number of nitrogen functional groups attached to an aromatic ring is 2. The zero-order valence-electron chi connectivity index (χ0n) is 17.3. The fourth-order valence-corrected chi connectivity index (χ4v) is 6.41. The summed E-state index contributed by atoms with van der Waals surface area (Å²) in [6.45, 7) is 0. The van der Waals surface area contributed by atoms with Crippen LogP contribution in [0, 0.1) is 0 Å². The van der Waals surface area contributed by atoms with Gasteiger partial charge >= 0.3 is 0 Å². The number of hydrogen-bond donors (Lipinski definition) is 2. The molecule has 4 aromatic rings. The molecule has 4 N–H and O–H groups in total. The molecule has 0 unspecified atom stereocenters. The maximum absolute atomic E-state index is 12.8. The van der Waals surface area contributed by atoms with Crippen molar-refractivity contribution in [2.45, 2.75) is 29.4 Å². The first-order valence-electron chi connectivity index (χ1n) is 9.75. The largest absolute Gasteiger partial charge is 0.399 e. The van der Waals surface area contributed by atoms with Gasteiger partial charge in [0.1, 0.15) is 0 Å². The van der Waals surface area contributed by atoms with Gasteiger partial charge in [0.2, 0.25) is 19.7 Å². The van der Waals surface area contributed by atoms with Gasteiger partial charge in [0, 0.05) is 21.2 Å². The molecule has 0 spiro atoms. The van der Waals surface area contributed by atoms with Crippen molar-refractivity contribution in [2.24, 2.45) is 0 Å². The lowest BCUT2D eigenvalue weighted by atomic mass is 10.3. The molecule has 0 saturated carbocycles. The second kappa shape index (κ2) is 8.93. The van der Waals surface area contributed by atoms with E-state index in [4.69, 9.17) is 11.5 Å². The third-order valence-corrected chi connectivity index (χ3v) is 9.47. The van der Waals surface area contributed by atoms with Gasteiger partial charge in [0.15, 0.2) is 0 Å². The van der Waals surface area contributed by atoms with Crippen LogP contribution in [0.5, 0.6) is 0 Å². The summed E-state index contributed by atoms with van der Waals surface area (Å²) in [4.78, 5) is 2.36. The maximum Gasteiger partial charge on any atom is 0.206 e. The normalized spacial score (nSPS) is 11.9. The summed E-state index contributed by atoms with van der Waals surface area (Å²) >= 11 is 1.40. The minimum atomic E-state index is -3.64. The highest BCUT2D eigenvalue weighted by Crippen LogP contribution is 2.31. The number of sulfone groups is 2. The van der Waals surface area contributed by atoms with Gasteiger partial charge in [-0.3, -0.25) is 0 Å². The molecule has 168 valence electrons. The van der Waals surface area contributed by atoms with Crippen LogP contribution in [0.15, 0.2) is 126 Å². The van der Waals surface area contributed by atoms with Crippen LogP contribution in [0.1, 0.15) is 0 Å². The molecule has 0 amide bonds. The molecule has 0 radical (unpaired) electrons. The third-order valence-electron chi connectivity index (χ3n) is 4.88. The van der Waals surface area contributed by atoms with E-state index in [0.717, 1.165) is 9.79 Å². The van der Waals surface area contributed by atoms with E-state index in [-0.39, 0.29) is 19.6 Å². The van der Waals surface area contributed by atoms with Crippen LogP contribution in [0.25, 0.3) is 0 Å². The van der Waals surface area contributed by atoms with Gasteiger partial charge in [-0.1, -0.05) is 11.8 Å². The van der Waals surface area contributed by atoms with Crippen molar-refractivity contribution in [1.82, 2.24) is 0 Å². The van der Waals surface area contributed by atoms with Gasteiger partial charge in [-0.25, -0.2) is 16.8 Å². The van der Waals surface area contributed by atoms with E-state index in [1.165, 1.54) is 36.0 Å². The fourth-order valence-electron chi connectivity index (χ4n) is 3.08. The fraction of sp³-hybridized carbons (Fsp3) is 0. The molecule has 33 heavy (non-hydrogen) atoms. The second-order valence-electron chi connectivity index (χ2n) is 7.19. The zero-order chi connectivity index (χ0) is 23.6. The van der Waals surface area contributed by atoms with Crippen molar-refractivity contribution >= 4 is 42.8 Å². The Balaban J connectivity index is 1.51. The Labute approximate surface area is 197 Å². The third kappa shape index (κ3) is 4.90. The highest BCUT2D eigenvalue weighted by Gasteiger charge is 2.19. The molecule has 0 fully saturated rings. The van der Waals surface area contributed by atoms with Crippen molar-refractivity contribution in [1.29, 1.82) is 0 Å². The number of rotatable bonds is 6. The molecule has 4 aromatic carbocycles. The Hall–Kier alpha value is -3.27. The van der Waals surface area contributed by atoms with Crippen LogP contribution in [-0.2, 0) is 19.7 Å². The summed E-state index contributed by atoms with van der Waals surface area (Å²) in [6, 6.07) is 25.2. The molecule has 0 aliphatic rings. The molecule has 0 atom stereocenters. The van der Waals surface area contributed by atoms with E-state index in [2.05, 4.69) is 0 Å². The second-order valence-corrected chi connectivity index (χ2v) is 12.2. The van der Waals surface area contributed by atoms with Crippen molar-refractivity contribution in [3.8, 4) is 0 Å². The van der Waals surface area contributed by atoms with Crippen LogP contribution in [0.2, 0.25) is 0 Å². The van der Waals surface area contributed by atoms with E-state index >= 15 is 0 Å². The van der Waals surface area contributed by atoms with E-state index in [9.17, 15) is 16.8 Å². The summed E-state index contributed by atoms with van der Waals surface area (Å²) in [5, 5.41) is 0. The first kappa shape index (κ1) is 22.9. The molecule has 9 heteroatoms. The molecule has 0 aromatic heterocycles. The van der Waals surface area contributed by atoms with E-state index in [1.54, 1.807) is 72.8 Å². The smallest absolute Gasteiger partial charge is 0.206 e. The van der Waals surface area contributed by atoms with Crippen LogP contribution in [0.3, 0.4) is 0 Å². The molecular formula is C24H20N2O4S3. The highest BCUT2D eigenvalue weighted by atomic mass is 32.2. The Morgan fingerprint density at radius 3 is 0.939 bits per heavy atom. The first-order chi connectivity index (χ1) is 15.7. The summed E-state index contributed by atoms with van der Waals surface area (Å²) in [5.74, 6) is 0. The van der Waals surface area contributed by atoms with E-state index < -0.39 is 19.7 Å². The Bertz CT molecular complexity index is 1360. The van der Waals surface area contributed by atoms with Crippen LogP contribution in [-0.4, -0.2) is 16.8 Å². The summed E-state index contributed by atoms with van der Waals surface area (Å²) in [7, 11) is -7.27. The predicted molar refractivity (Wildman–Crippen MR) is 130 cm³/mol. The van der Waals surface area contributed by atoms with Crippen LogP contribution >= 0.6 is 11.8 Å². The number of anilines is 2. The number of hydrogen-bond acceptors (Lipinski definition) is 7. The quantitative estimate of drug-likeness (QED) is 0.372. The van der Waals surface area contributed by atoms with Crippen molar-refractivity contribution in [3.05, 3.63) is 97.1 Å². The summed E-state index contributed by atoms with van der Waals surface area (Å²) < 4.78 is 51.1. The lowest BCUT2D eigenvalue weighted by molar-refractivity contribution is 0.594. The Kier molecular flexibility index (Phi) is 6.20. The summed E-state index contributed by atoms with van der Waals surface area (Å²) in [5.41, 5.74) is 12.3. The number of benzene rings is 4. The molecule has 6 nitrogen and oxygen atoms in total. The van der Waals surface area contributed by atoms with Crippen LogP contribution in [0.4, 0.5) is 11.4 Å². The molecule has 0 heterocycles. The Morgan fingerprint density at radius 2 is 0.667 bits per heavy atom. The highest BCUT2D eigenvalue weighted by molar-refractivity contribution is 7.99. The molecule has 0 saturated heterocycles. The molecule has 0 bridgehead atoms. The van der Waals surface area contributed by atoms with Gasteiger partial charge in [-0.2, -0.15) is 0 Å². The maximum atomic E-state index is 12.8. The predicted octanol–water partition coefficient (Wildman–Crippen LogP) is 4.67. The lowest BCUT2D eigenvalue weighted by Crippen LogP contribution is -2.02. The topological polar surface area (TPSA) is 120 Å². The average Bonchev–Trinajstić information content (AvgIpc) is 2.80. The van der Waals surface area contributed by atoms with Gasteiger partial charge in [-0.15, -0.1) is 0 Å². The summed E-state index contributed by atoms with van der Waals surface area (Å²) in [6.07, 6.45) is 0. The SMILES string of the molecule is Nc1ccc(S(=O)(=O)c2ccc(Sc3ccc(S(=O)(=O)c4ccc(N)cc4)cc3)cc2)cc1. The standard InChI is InChI=1S/C24H20N2O4S3/c25-17-1-9-21(10-2-17)32(27,28)23-13-5-19(6-14-23)31-20-7-15-24(16-8-20)33(29,30)22-11-3-18(26)4-12-22/h1-16H,25-26H2. The average molecular weight is 497 g/mol. The van der Waals surface area contributed by atoms with E-state index in [1.807, 2.05) is 0 Å². The monoisotopic (exact) mass is 496 g/mol. The molecule has 0 aliphatic carbocycles. The molecule has 0 aliphatic heterocycles. The minimum Gasteiger partial charge on any atom is -0.399 e. The molecule has 4 rings (SSSR count). The Morgan fingerprint density at radius 1 is 0.424 bits per heavy atom. The van der Waals surface area contributed by atoms with Crippen molar-refractivity contribution in [2.75, 3.05) is 11.5 Å². The van der Waals surface area contributed by atoms with Gasteiger partial charge in [0.25, 0.3) is 0 Å². The van der Waals surface area contributed by atoms with Gasteiger partial charge < -0.3 is 11.5 Å². The van der Waals surface area contributed by atoms with E-state index in [0.29, 0.717) is 11.4 Å². The lowest BCUT2D eigenvalue weighted by Gasteiger charge is -2.08. The van der Waals surface area contributed by atoms with Crippen molar-refractivity contribution in [3.63, 3.8) is 0 Å².